The van der Waals surface area contributed by atoms with Gasteiger partial charge in [-0.2, -0.15) is 0 Å². The number of hydrogen-bond donors (Lipinski definition) is 2. The summed E-state index contributed by atoms with van der Waals surface area (Å²) < 4.78 is 38.4. The summed E-state index contributed by atoms with van der Waals surface area (Å²) in [7, 11) is 0. The molecule has 1 amide bonds. The summed E-state index contributed by atoms with van der Waals surface area (Å²) in [5.74, 6) is -5.02. The van der Waals surface area contributed by atoms with Crippen molar-refractivity contribution in [2.24, 2.45) is 5.73 Å². The van der Waals surface area contributed by atoms with Gasteiger partial charge < -0.3 is 11.1 Å². The third-order valence-corrected chi connectivity index (χ3v) is 2.22. The van der Waals surface area contributed by atoms with Crippen molar-refractivity contribution >= 4 is 5.91 Å². The summed E-state index contributed by atoms with van der Waals surface area (Å²) in [6.45, 7) is 2.09. The number of hydrogen-bond acceptors (Lipinski definition) is 2. The Bertz CT molecular complexity index is 400. The number of halogens is 3. The highest BCUT2D eigenvalue weighted by atomic mass is 19.2. The van der Waals surface area contributed by atoms with Crippen LogP contribution in [0.2, 0.25) is 0 Å². The fourth-order valence-electron chi connectivity index (χ4n) is 1.32. The fourth-order valence-corrected chi connectivity index (χ4v) is 1.32. The highest BCUT2D eigenvalue weighted by Gasteiger charge is 2.16. The van der Waals surface area contributed by atoms with Gasteiger partial charge in [0.2, 0.25) is 0 Å². The molecule has 17 heavy (non-hydrogen) atoms. The molecule has 3 N–H and O–H groups in total. The number of rotatable bonds is 4. The molecule has 1 aromatic carbocycles. The van der Waals surface area contributed by atoms with E-state index in [1.807, 2.05) is 0 Å². The Labute approximate surface area is 96.8 Å². The van der Waals surface area contributed by atoms with Gasteiger partial charge in [-0.1, -0.05) is 0 Å². The maximum Gasteiger partial charge on any atom is 0.251 e. The molecule has 1 atom stereocenters. The molecule has 0 radical (unpaired) electrons. The van der Waals surface area contributed by atoms with Crippen LogP contribution >= 0.6 is 0 Å². The molecule has 0 saturated carbocycles. The minimum absolute atomic E-state index is 0.219. The van der Waals surface area contributed by atoms with Crippen molar-refractivity contribution in [1.82, 2.24) is 5.32 Å². The van der Waals surface area contributed by atoms with E-state index in [9.17, 15) is 18.0 Å². The summed E-state index contributed by atoms with van der Waals surface area (Å²) in [4.78, 5) is 11.5. The third kappa shape index (κ3) is 3.45. The first kappa shape index (κ1) is 13.5. The van der Waals surface area contributed by atoms with Crippen LogP contribution in [0.25, 0.3) is 0 Å². The van der Waals surface area contributed by atoms with Crippen molar-refractivity contribution in [2.45, 2.75) is 19.4 Å². The minimum atomic E-state index is -1.59. The largest absolute Gasteiger partial charge is 0.350 e. The zero-order valence-electron chi connectivity index (χ0n) is 9.27. The average molecular weight is 246 g/mol. The average Bonchev–Trinajstić information content (AvgIpc) is 2.25. The standard InChI is InChI=1S/C11H13F3N2O/c1-6(2-3-15)16-11(17)7-4-8(12)10(14)9(13)5-7/h4-6H,2-3,15H2,1H3,(H,16,17). The van der Waals surface area contributed by atoms with Crippen molar-refractivity contribution in [3.8, 4) is 0 Å². The van der Waals surface area contributed by atoms with Crippen LogP contribution in [0.5, 0.6) is 0 Å². The molecule has 0 heterocycles. The van der Waals surface area contributed by atoms with Crippen LogP contribution in [0.3, 0.4) is 0 Å². The lowest BCUT2D eigenvalue weighted by Gasteiger charge is -2.12. The number of amides is 1. The summed E-state index contributed by atoms with van der Waals surface area (Å²) in [5, 5.41) is 2.50. The van der Waals surface area contributed by atoms with Gasteiger partial charge in [0, 0.05) is 11.6 Å². The van der Waals surface area contributed by atoms with Gasteiger partial charge in [-0.15, -0.1) is 0 Å². The van der Waals surface area contributed by atoms with Gasteiger partial charge in [-0.05, 0) is 32.0 Å². The molecule has 3 nitrogen and oxygen atoms in total. The highest BCUT2D eigenvalue weighted by Crippen LogP contribution is 2.13. The number of carbonyl (C=O) groups is 1. The molecule has 0 spiro atoms. The molecule has 6 heteroatoms. The van der Waals surface area contributed by atoms with Crippen LogP contribution in [0.15, 0.2) is 12.1 Å². The third-order valence-electron chi connectivity index (χ3n) is 2.22. The summed E-state index contributed by atoms with van der Waals surface area (Å²) >= 11 is 0. The van der Waals surface area contributed by atoms with E-state index in [1.54, 1.807) is 6.92 Å². The Kier molecular flexibility index (Phi) is 4.51. The zero-order valence-corrected chi connectivity index (χ0v) is 9.27. The van der Waals surface area contributed by atoms with E-state index in [0.717, 1.165) is 0 Å². The van der Waals surface area contributed by atoms with Crippen LogP contribution in [0.4, 0.5) is 13.2 Å². The molecule has 0 fully saturated rings. The van der Waals surface area contributed by atoms with Crippen molar-refractivity contribution in [3.05, 3.63) is 35.1 Å². The highest BCUT2D eigenvalue weighted by molar-refractivity contribution is 5.94. The first-order valence-corrected chi connectivity index (χ1v) is 5.11. The molecule has 0 aromatic heterocycles. The molecule has 1 rings (SSSR count). The van der Waals surface area contributed by atoms with Crippen molar-refractivity contribution < 1.29 is 18.0 Å². The van der Waals surface area contributed by atoms with E-state index in [0.29, 0.717) is 25.1 Å². The molecule has 1 unspecified atom stereocenters. The van der Waals surface area contributed by atoms with Gasteiger partial charge in [-0.25, -0.2) is 13.2 Å². The molecule has 1 aromatic rings. The van der Waals surface area contributed by atoms with Gasteiger partial charge in [0.25, 0.3) is 5.91 Å². The van der Waals surface area contributed by atoms with Crippen LogP contribution in [-0.2, 0) is 0 Å². The lowest BCUT2D eigenvalue weighted by atomic mass is 10.1. The number of carbonyl (C=O) groups excluding carboxylic acids is 1. The van der Waals surface area contributed by atoms with Crippen LogP contribution < -0.4 is 11.1 Å². The Balaban J connectivity index is 2.83. The van der Waals surface area contributed by atoms with Crippen LogP contribution in [0, 0.1) is 17.5 Å². The van der Waals surface area contributed by atoms with Gasteiger partial charge >= 0.3 is 0 Å². The van der Waals surface area contributed by atoms with Gasteiger partial charge in [-0.3, -0.25) is 4.79 Å². The van der Waals surface area contributed by atoms with Crippen LogP contribution in [0.1, 0.15) is 23.7 Å². The maximum absolute atomic E-state index is 12.9. The first-order chi connectivity index (χ1) is 7.95. The molecule has 0 aliphatic rings. The molecule has 94 valence electrons. The molecular formula is C11H13F3N2O. The van der Waals surface area contributed by atoms with Crippen molar-refractivity contribution in [3.63, 3.8) is 0 Å². The van der Waals surface area contributed by atoms with E-state index < -0.39 is 23.4 Å². The zero-order chi connectivity index (χ0) is 13.0. The van der Waals surface area contributed by atoms with E-state index in [1.165, 1.54) is 0 Å². The molecule has 0 aliphatic carbocycles. The van der Waals surface area contributed by atoms with E-state index in [4.69, 9.17) is 5.73 Å². The van der Waals surface area contributed by atoms with Gasteiger partial charge in [0.15, 0.2) is 17.5 Å². The SMILES string of the molecule is CC(CCN)NC(=O)c1cc(F)c(F)c(F)c1. The first-order valence-electron chi connectivity index (χ1n) is 5.11. The topological polar surface area (TPSA) is 55.1 Å². The Morgan fingerprint density at radius 3 is 2.35 bits per heavy atom. The van der Waals surface area contributed by atoms with Crippen molar-refractivity contribution in [2.75, 3.05) is 6.54 Å². The molecule has 0 aliphatic heterocycles. The quantitative estimate of drug-likeness (QED) is 0.792. The van der Waals surface area contributed by atoms with Gasteiger partial charge in [0.05, 0.1) is 0 Å². The fraction of sp³-hybridized carbons (Fsp3) is 0.364. The smallest absolute Gasteiger partial charge is 0.251 e. The summed E-state index contributed by atoms with van der Waals surface area (Å²) in [6.07, 6.45) is 0.540. The lowest BCUT2D eigenvalue weighted by molar-refractivity contribution is 0.0937. The molecular weight excluding hydrogens is 233 g/mol. The second-order valence-electron chi connectivity index (χ2n) is 3.71. The van der Waals surface area contributed by atoms with Gasteiger partial charge in [0.1, 0.15) is 0 Å². The normalized spacial score (nSPS) is 12.3. The molecule has 0 bridgehead atoms. The maximum atomic E-state index is 12.9. The van der Waals surface area contributed by atoms with E-state index >= 15 is 0 Å². The van der Waals surface area contributed by atoms with E-state index in [2.05, 4.69) is 5.32 Å². The summed E-state index contributed by atoms with van der Waals surface area (Å²) in [5.41, 5.74) is 5.03. The summed E-state index contributed by atoms with van der Waals surface area (Å²) in [6, 6.07) is 1.09. The second-order valence-corrected chi connectivity index (χ2v) is 3.71. The van der Waals surface area contributed by atoms with E-state index in [-0.39, 0.29) is 11.6 Å². The Morgan fingerprint density at radius 2 is 1.88 bits per heavy atom. The number of nitrogens with two attached hydrogens (primary N) is 1. The monoisotopic (exact) mass is 246 g/mol. The number of benzene rings is 1. The van der Waals surface area contributed by atoms with Crippen molar-refractivity contribution in [1.29, 1.82) is 0 Å². The number of nitrogens with one attached hydrogen (secondary N) is 1. The Hall–Kier alpha value is -1.56. The second kappa shape index (κ2) is 5.67. The predicted octanol–water partition coefficient (Wildman–Crippen LogP) is 1.57. The lowest BCUT2D eigenvalue weighted by Crippen LogP contribution is -2.34. The predicted molar refractivity (Wildman–Crippen MR) is 56.9 cm³/mol. The van der Waals surface area contributed by atoms with Crippen LogP contribution in [-0.4, -0.2) is 18.5 Å². The Morgan fingerprint density at radius 1 is 1.35 bits per heavy atom. The molecule has 0 saturated heterocycles. The minimum Gasteiger partial charge on any atom is -0.350 e.